The molecule has 0 heteroatoms. The molecule has 0 aromatic rings. The summed E-state index contributed by atoms with van der Waals surface area (Å²) in [7, 11) is 0. The molecule has 4 aliphatic rings. The van der Waals surface area contributed by atoms with Crippen molar-refractivity contribution in [2.75, 3.05) is 0 Å². The van der Waals surface area contributed by atoms with Crippen LogP contribution in [-0.4, -0.2) is 0 Å². The van der Waals surface area contributed by atoms with Crippen molar-refractivity contribution in [3.05, 3.63) is 23.8 Å². The molecule has 3 fully saturated rings. The largest absolute Gasteiger partial charge is 0.0955 e. The lowest BCUT2D eigenvalue weighted by atomic mass is 9.54. The molecule has 0 unspecified atom stereocenters. The highest BCUT2D eigenvalue weighted by Gasteiger charge is 2.70. The van der Waals surface area contributed by atoms with Crippen LogP contribution in [-0.2, 0) is 0 Å². The van der Waals surface area contributed by atoms with E-state index < -0.39 is 0 Å². The topological polar surface area (TPSA) is 0 Å². The summed E-state index contributed by atoms with van der Waals surface area (Å²) in [5, 5.41) is 0. The third-order valence-corrected chi connectivity index (χ3v) is 7.87. The van der Waals surface area contributed by atoms with Gasteiger partial charge < -0.3 is 0 Å². The fourth-order valence-electron chi connectivity index (χ4n) is 7.00. The quantitative estimate of drug-likeness (QED) is 0.542. The van der Waals surface area contributed by atoms with E-state index >= 15 is 0 Å². The van der Waals surface area contributed by atoms with Gasteiger partial charge in [-0.1, -0.05) is 76.7 Å². The van der Waals surface area contributed by atoms with E-state index in [9.17, 15) is 0 Å². The molecule has 0 heterocycles. The third-order valence-electron chi connectivity index (χ3n) is 7.87. The summed E-state index contributed by atoms with van der Waals surface area (Å²) in [5.74, 6) is 3.62. The molecule has 4 rings (SSSR count). The van der Waals surface area contributed by atoms with E-state index in [2.05, 4.69) is 33.4 Å². The molecule has 0 amide bonds. The van der Waals surface area contributed by atoms with Crippen molar-refractivity contribution in [2.45, 2.75) is 72.1 Å². The minimum atomic E-state index is 0.494. The molecule has 0 nitrogen and oxygen atoms in total. The number of fused-ring (bicyclic) bond motifs is 3. The van der Waals surface area contributed by atoms with E-state index in [0.717, 1.165) is 23.7 Å². The van der Waals surface area contributed by atoms with E-state index in [1.54, 1.807) is 5.57 Å². The van der Waals surface area contributed by atoms with Gasteiger partial charge in [-0.15, -0.1) is 0 Å². The molecule has 4 aliphatic carbocycles. The first kappa shape index (κ1) is 14.1. The molecule has 0 bridgehead atoms. The zero-order valence-corrected chi connectivity index (χ0v) is 14.3. The lowest BCUT2D eigenvalue weighted by Gasteiger charge is -2.51. The molecule has 0 spiro atoms. The summed E-state index contributed by atoms with van der Waals surface area (Å²) in [5.41, 5.74) is 4.21. The Bertz CT molecular complexity index is 488. The summed E-state index contributed by atoms with van der Waals surface area (Å²) in [6.07, 6.45) is 14.3. The first-order chi connectivity index (χ1) is 9.97. The fourth-order valence-corrected chi connectivity index (χ4v) is 7.00. The van der Waals surface area contributed by atoms with E-state index in [-0.39, 0.29) is 0 Å². The van der Waals surface area contributed by atoms with Crippen LogP contribution in [0.4, 0.5) is 0 Å². The van der Waals surface area contributed by atoms with Gasteiger partial charge in [0.25, 0.3) is 0 Å². The minimum absolute atomic E-state index is 0.494. The van der Waals surface area contributed by atoms with Gasteiger partial charge in [-0.25, -0.2) is 0 Å². The number of hydrogen-bond acceptors (Lipinski definition) is 0. The van der Waals surface area contributed by atoms with Gasteiger partial charge in [0.15, 0.2) is 0 Å². The van der Waals surface area contributed by atoms with Gasteiger partial charge in [-0.05, 0) is 53.8 Å². The molecule has 0 radical (unpaired) electrons. The summed E-state index contributed by atoms with van der Waals surface area (Å²) in [4.78, 5) is 0. The Morgan fingerprint density at radius 1 is 1.00 bits per heavy atom. The Morgan fingerprint density at radius 3 is 2.43 bits per heavy atom. The number of hydrogen-bond donors (Lipinski definition) is 0. The highest BCUT2D eigenvalue weighted by atomic mass is 14.7. The van der Waals surface area contributed by atoms with Crippen molar-refractivity contribution in [3.8, 4) is 0 Å². The average Bonchev–Trinajstić information content (AvgIpc) is 3.06. The molecule has 3 saturated carbocycles. The van der Waals surface area contributed by atoms with E-state index in [1.807, 2.05) is 0 Å². The van der Waals surface area contributed by atoms with Crippen molar-refractivity contribution in [2.24, 2.45) is 34.5 Å². The summed E-state index contributed by atoms with van der Waals surface area (Å²) in [6, 6.07) is 0. The predicted molar refractivity (Wildman–Crippen MR) is 90.0 cm³/mol. The first-order valence-corrected chi connectivity index (χ1v) is 9.37. The van der Waals surface area contributed by atoms with Gasteiger partial charge in [-0.2, -0.15) is 0 Å². The highest BCUT2D eigenvalue weighted by Crippen LogP contribution is 2.76. The Morgan fingerprint density at radius 2 is 1.71 bits per heavy atom. The molecule has 0 N–H and O–H groups in total. The van der Waals surface area contributed by atoms with E-state index in [1.165, 1.54) is 56.9 Å². The standard InChI is InChI=1S/C21H32/c1-14-13-16-11-8-12-17(15-9-6-5-7-10-15)21(16,4)19-18(14)20(19,2)3/h13,15,17-19H,1,5-12H2,2-4H3/t17-,18-,19+,21+/m1/s1. The van der Waals surface area contributed by atoms with Gasteiger partial charge in [0.05, 0.1) is 0 Å². The Balaban J connectivity index is 1.72. The summed E-state index contributed by atoms with van der Waals surface area (Å²) >= 11 is 0. The van der Waals surface area contributed by atoms with Crippen molar-refractivity contribution >= 4 is 0 Å². The van der Waals surface area contributed by atoms with Crippen molar-refractivity contribution in [1.29, 1.82) is 0 Å². The minimum Gasteiger partial charge on any atom is -0.0955 e. The Labute approximate surface area is 131 Å². The molecule has 0 aromatic carbocycles. The molecule has 0 aromatic heterocycles. The maximum absolute atomic E-state index is 4.42. The van der Waals surface area contributed by atoms with Gasteiger partial charge >= 0.3 is 0 Å². The van der Waals surface area contributed by atoms with Crippen LogP contribution in [0.5, 0.6) is 0 Å². The molecule has 21 heavy (non-hydrogen) atoms. The van der Waals surface area contributed by atoms with Crippen LogP contribution in [0, 0.1) is 34.5 Å². The van der Waals surface area contributed by atoms with Gasteiger partial charge in [0.2, 0.25) is 0 Å². The van der Waals surface area contributed by atoms with Gasteiger partial charge in [0, 0.05) is 0 Å². The SMILES string of the molecule is C=C1C=C2CCC[C@H](C3CCCCC3)[C@@]2(C)[C@H]2[C@@H]1C2(C)C. The zero-order valence-electron chi connectivity index (χ0n) is 14.3. The Hall–Kier alpha value is -0.520. The maximum Gasteiger partial charge on any atom is -0.00427 e. The number of allylic oxidation sites excluding steroid dienone is 3. The van der Waals surface area contributed by atoms with E-state index in [0.29, 0.717) is 10.8 Å². The van der Waals surface area contributed by atoms with Crippen molar-refractivity contribution in [1.82, 2.24) is 0 Å². The molecule has 4 atom stereocenters. The monoisotopic (exact) mass is 284 g/mol. The predicted octanol–water partition coefficient (Wildman–Crippen LogP) is 6.14. The molecular weight excluding hydrogens is 252 g/mol. The normalized spacial score (nSPS) is 45.6. The van der Waals surface area contributed by atoms with Crippen LogP contribution >= 0.6 is 0 Å². The molecule has 116 valence electrons. The van der Waals surface area contributed by atoms with Gasteiger partial charge in [0.1, 0.15) is 0 Å². The second kappa shape index (κ2) is 4.49. The van der Waals surface area contributed by atoms with Crippen LogP contribution in [0.15, 0.2) is 23.8 Å². The maximum atomic E-state index is 4.42. The summed E-state index contributed by atoms with van der Waals surface area (Å²) < 4.78 is 0. The van der Waals surface area contributed by atoms with Crippen LogP contribution in [0.25, 0.3) is 0 Å². The molecule has 0 saturated heterocycles. The summed E-state index contributed by atoms with van der Waals surface area (Å²) in [6.45, 7) is 12.1. The molecule has 0 aliphatic heterocycles. The second-order valence-corrected chi connectivity index (χ2v) is 9.20. The van der Waals surface area contributed by atoms with Crippen LogP contribution < -0.4 is 0 Å². The Kier molecular flexibility index (Phi) is 3.02. The van der Waals surface area contributed by atoms with Gasteiger partial charge in [-0.3, -0.25) is 0 Å². The zero-order chi connectivity index (χ0) is 14.8. The van der Waals surface area contributed by atoms with Crippen LogP contribution in [0.2, 0.25) is 0 Å². The molecular formula is C21H32. The van der Waals surface area contributed by atoms with Crippen LogP contribution in [0.3, 0.4) is 0 Å². The van der Waals surface area contributed by atoms with E-state index in [4.69, 9.17) is 0 Å². The van der Waals surface area contributed by atoms with Crippen molar-refractivity contribution < 1.29 is 0 Å². The lowest BCUT2D eigenvalue weighted by Crippen LogP contribution is -2.42. The second-order valence-electron chi connectivity index (χ2n) is 9.20. The number of rotatable bonds is 1. The lowest BCUT2D eigenvalue weighted by molar-refractivity contribution is 0.0578. The van der Waals surface area contributed by atoms with Crippen LogP contribution in [0.1, 0.15) is 72.1 Å². The smallest absolute Gasteiger partial charge is 0.00427 e. The third kappa shape index (κ3) is 1.80. The van der Waals surface area contributed by atoms with Crippen molar-refractivity contribution in [3.63, 3.8) is 0 Å². The highest BCUT2D eigenvalue weighted by molar-refractivity contribution is 5.44. The average molecular weight is 284 g/mol. The first-order valence-electron chi connectivity index (χ1n) is 9.37. The fraction of sp³-hybridized carbons (Fsp3) is 0.810.